The number of sulfone groups is 1. The summed E-state index contributed by atoms with van der Waals surface area (Å²) in [7, 11) is -2.99. The highest BCUT2D eigenvalue weighted by Crippen LogP contribution is 2.25. The summed E-state index contributed by atoms with van der Waals surface area (Å²) in [4.78, 5) is 12.4. The van der Waals surface area contributed by atoms with Gasteiger partial charge in [-0.15, -0.1) is 0 Å². The number of nitrogens with one attached hydrogen (secondary N) is 1. The van der Waals surface area contributed by atoms with Crippen LogP contribution < -0.4 is 5.32 Å². The van der Waals surface area contributed by atoms with Gasteiger partial charge in [0.2, 0.25) is 0 Å². The van der Waals surface area contributed by atoms with Crippen LogP contribution in [0.3, 0.4) is 0 Å². The van der Waals surface area contributed by atoms with E-state index in [9.17, 15) is 13.2 Å². The SMILES string of the molecule is Cc1ccc(NC(=O)c2cnn(C3CCS(=O)(=O)C3)c2C)cc1. The van der Waals surface area contributed by atoms with Gasteiger partial charge in [-0.2, -0.15) is 5.10 Å². The van der Waals surface area contributed by atoms with Crippen LogP contribution in [0.15, 0.2) is 30.5 Å². The molecule has 6 nitrogen and oxygen atoms in total. The number of anilines is 1. The highest BCUT2D eigenvalue weighted by Gasteiger charge is 2.31. The Bertz CT molecular complexity index is 838. The molecular weight excluding hydrogens is 314 g/mol. The van der Waals surface area contributed by atoms with E-state index in [0.29, 0.717) is 17.7 Å². The van der Waals surface area contributed by atoms with Crippen molar-refractivity contribution >= 4 is 21.4 Å². The van der Waals surface area contributed by atoms with Crippen molar-refractivity contribution in [2.24, 2.45) is 0 Å². The molecule has 1 atom stereocenters. The van der Waals surface area contributed by atoms with Crippen LogP contribution in [0.2, 0.25) is 0 Å². The molecule has 0 spiro atoms. The second-order valence-corrected chi connectivity index (χ2v) is 8.19. The van der Waals surface area contributed by atoms with E-state index in [1.165, 1.54) is 6.20 Å². The van der Waals surface area contributed by atoms with Gasteiger partial charge in [-0.25, -0.2) is 8.42 Å². The van der Waals surface area contributed by atoms with Crippen molar-refractivity contribution in [1.29, 1.82) is 0 Å². The van der Waals surface area contributed by atoms with E-state index in [0.717, 1.165) is 11.3 Å². The molecule has 2 heterocycles. The van der Waals surface area contributed by atoms with Crippen LogP contribution in [-0.2, 0) is 9.84 Å². The van der Waals surface area contributed by atoms with Crippen LogP contribution in [-0.4, -0.2) is 35.6 Å². The third kappa shape index (κ3) is 3.29. The van der Waals surface area contributed by atoms with Crippen LogP contribution in [0, 0.1) is 13.8 Å². The van der Waals surface area contributed by atoms with E-state index in [-0.39, 0.29) is 23.5 Å². The Balaban J connectivity index is 1.79. The number of amides is 1. The lowest BCUT2D eigenvalue weighted by atomic mass is 10.2. The van der Waals surface area contributed by atoms with Gasteiger partial charge in [0.25, 0.3) is 5.91 Å². The fraction of sp³-hybridized carbons (Fsp3) is 0.375. The zero-order valence-electron chi connectivity index (χ0n) is 13.1. The molecule has 7 heteroatoms. The molecular formula is C16H19N3O3S. The number of rotatable bonds is 3. The van der Waals surface area contributed by atoms with Gasteiger partial charge in [0.05, 0.1) is 29.3 Å². The number of benzene rings is 1. The molecule has 1 amide bonds. The summed E-state index contributed by atoms with van der Waals surface area (Å²) in [5.74, 6) is 0.0367. The summed E-state index contributed by atoms with van der Waals surface area (Å²) in [6.45, 7) is 3.78. The number of hydrogen-bond acceptors (Lipinski definition) is 4. The van der Waals surface area contributed by atoms with Gasteiger partial charge in [-0.05, 0) is 32.4 Å². The molecule has 1 aromatic carbocycles. The molecule has 1 aromatic heterocycles. The molecule has 1 unspecified atom stereocenters. The van der Waals surface area contributed by atoms with Crippen molar-refractivity contribution in [3.05, 3.63) is 47.3 Å². The second kappa shape index (κ2) is 5.81. The number of hydrogen-bond donors (Lipinski definition) is 1. The largest absolute Gasteiger partial charge is 0.322 e. The first-order chi connectivity index (χ1) is 10.9. The lowest BCUT2D eigenvalue weighted by Crippen LogP contribution is -2.16. The van der Waals surface area contributed by atoms with Crippen molar-refractivity contribution in [2.75, 3.05) is 16.8 Å². The molecule has 0 radical (unpaired) electrons. The van der Waals surface area contributed by atoms with Gasteiger partial charge in [0.1, 0.15) is 0 Å². The molecule has 1 fully saturated rings. The van der Waals surface area contributed by atoms with E-state index in [2.05, 4.69) is 10.4 Å². The van der Waals surface area contributed by atoms with E-state index in [1.807, 2.05) is 31.2 Å². The molecule has 0 saturated carbocycles. The molecule has 1 aliphatic rings. The third-order valence-corrected chi connectivity index (χ3v) is 5.90. The topological polar surface area (TPSA) is 81.1 Å². The van der Waals surface area contributed by atoms with Gasteiger partial charge < -0.3 is 5.32 Å². The first-order valence-electron chi connectivity index (χ1n) is 7.48. The Morgan fingerprint density at radius 1 is 1.26 bits per heavy atom. The number of aryl methyl sites for hydroxylation is 1. The molecule has 122 valence electrons. The summed E-state index contributed by atoms with van der Waals surface area (Å²) in [6, 6.07) is 7.36. The molecule has 0 bridgehead atoms. The fourth-order valence-electron chi connectivity index (χ4n) is 2.82. The summed E-state index contributed by atoms with van der Waals surface area (Å²) >= 11 is 0. The first-order valence-corrected chi connectivity index (χ1v) is 9.30. The van der Waals surface area contributed by atoms with Gasteiger partial charge in [0.15, 0.2) is 9.84 Å². The molecule has 0 aliphatic carbocycles. The molecule has 1 saturated heterocycles. The van der Waals surface area contributed by atoms with Gasteiger partial charge in [-0.3, -0.25) is 9.48 Å². The maximum absolute atomic E-state index is 12.4. The molecule has 3 rings (SSSR count). The molecule has 2 aromatic rings. The van der Waals surface area contributed by atoms with Crippen molar-refractivity contribution < 1.29 is 13.2 Å². The van der Waals surface area contributed by atoms with Crippen LogP contribution in [0.1, 0.15) is 34.1 Å². The normalized spacial score (nSPS) is 19.7. The Kier molecular flexibility index (Phi) is 3.97. The number of carbonyl (C=O) groups excluding carboxylic acids is 1. The van der Waals surface area contributed by atoms with E-state index in [4.69, 9.17) is 0 Å². The van der Waals surface area contributed by atoms with Crippen LogP contribution in [0.5, 0.6) is 0 Å². The number of carbonyl (C=O) groups is 1. The van der Waals surface area contributed by atoms with Crippen LogP contribution in [0.4, 0.5) is 5.69 Å². The standard InChI is InChI=1S/C16H19N3O3S/c1-11-3-5-13(6-4-11)18-16(20)15-9-17-19(12(15)2)14-7-8-23(21,22)10-14/h3-6,9,14H,7-8,10H2,1-2H3,(H,18,20). The Morgan fingerprint density at radius 2 is 1.96 bits per heavy atom. The maximum atomic E-state index is 12.4. The van der Waals surface area contributed by atoms with Gasteiger partial charge >= 0.3 is 0 Å². The zero-order valence-corrected chi connectivity index (χ0v) is 13.9. The zero-order chi connectivity index (χ0) is 16.6. The summed E-state index contributed by atoms with van der Waals surface area (Å²) < 4.78 is 24.9. The summed E-state index contributed by atoms with van der Waals surface area (Å²) in [5, 5.41) is 7.07. The Morgan fingerprint density at radius 3 is 2.57 bits per heavy atom. The van der Waals surface area contributed by atoms with Crippen molar-refractivity contribution in [2.45, 2.75) is 26.3 Å². The van der Waals surface area contributed by atoms with Crippen LogP contribution in [0.25, 0.3) is 0 Å². The average Bonchev–Trinajstić information content (AvgIpc) is 3.04. The predicted octanol–water partition coefficient (Wildman–Crippen LogP) is 2.11. The molecule has 1 aliphatic heterocycles. The minimum absolute atomic E-state index is 0.0918. The monoisotopic (exact) mass is 333 g/mol. The Hall–Kier alpha value is -2.15. The lowest BCUT2D eigenvalue weighted by Gasteiger charge is -2.11. The number of nitrogens with zero attached hydrogens (tertiary/aromatic N) is 2. The Labute approximate surface area is 135 Å². The van der Waals surface area contributed by atoms with Crippen molar-refractivity contribution in [1.82, 2.24) is 9.78 Å². The molecule has 23 heavy (non-hydrogen) atoms. The molecule has 1 N–H and O–H groups in total. The fourth-order valence-corrected chi connectivity index (χ4v) is 4.51. The van der Waals surface area contributed by atoms with Gasteiger partial charge in [0, 0.05) is 11.4 Å². The summed E-state index contributed by atoms with van der Waals surface area (Å²) in [6.07, 6.45) is 2.05. The lowest BCUT2D eigenvalue weighted by molar-refractivity contribution is 0.102. The summed E-state index contributed by atoms with van der Waals surface area (Å²) in [5.41, 5.74) is 3.00. The highest BCUT2D eigenvalue weighted by molar-refractivity contribution is 7.91. The average molecular weight is 333 g/mol. The highest BCUT2D eigenvalue weighted by atomic mass is 32.2. The second-order valence-electron chi connectivity index (χ2n) is 5.97. The van der Waals surface area contributed by atoms with Crippen molar-refractivity contribution in [3.63, 3.8) is 0 Å². The minimum atomic E-state index is -2.99. The predicted molar refractivity (Wildman–Crippen MR) is 88.4 cm³/mol. The minimum Gasteiger partial charge on any atom is -0.322 e. The van der Waals surface area contributed by atoms with E-state index < -0.39 is 9.84 Å². The first kappa shape index (κ1) is 15.7. The number of aromatic nitrogens is 2. The van der Waals surface area contributed by atoms with E-state index >= 15 is 0 Å². The third-order valence-electron chi connectivity index (χ3n) is 4.15. The van der Waals surface area contributed by atoms with Crippen molar-refractivity contribution in [3.8, 4) is 0 Å². The smallest absolute Gasteiger partial charge is 0.259 e. The van der Waals surface area contributed by atoms with Crippen LogP contribution >= 0.6 is 0 Å². The maximum Gasteiger partial charge on any atom is 0.259 e. The quantitative estimate of drug-likeness (QED) is 0.933. The van der Waals surface area contributed by atoms with Gasteiger partial charge in [-0.1, -0.05) is 17.7 Å². The van der Waals surface area contributed by atoms with E-state index in [1.54, 1.807) is 11.6 Å².